The van der Waals surface area contributed by atoms with Gasteiger partial charge in [0.2, 0.25) is 5.91 Å². The van der Waals surface area contributed by atoms with Crippen molar-refractivity contribution in [3.8, 4) is 0 Å². The van der Waals surface area contributed by atoms with Crippen LogP contribution in [0.15, 0.2) is 48.5 Å². The van der Waals surface area contributed by atoms with Crippen LogP contribution in [-0.2, 0) is 9.53 Å². The van der Waals surface area contributed by atoms with Crippen LogP contribution in [-0.4, -0.2) is 49.7 Å². The molecule has 3 amide bonds. The SMILES string of the molecule is O=C(CN1CCOCC1)Nc1cccc(NC(=O)Nc2ccccc2Cl)c1. The Labute approximate surface area is 162 Å². The summed E-state index contributed by atoms with van der Waals surface area (Å²) >= 11 is 6.03. The summed E-state index contributed by atoms with van der Waals surface area (Å²) in [6.45, 7) is 3.10. The molecule has 0 aromatic heterocycles. The molecule has 3 N–H and O–H groups in total. The average molecular weight is 389 g/mol. The van der Waals surface area contributed by atoms with E-state index in [0.29, 0.717) is 41.8 Å². The van der Waals surface area contributed by atoms with E-state index < -0.39 is 6.03 Å². The zero-order valence-corrected chi connectivity index (χ0v) is 15.5. The van der Waals surface area contributed by atoms with Gasteiger partial charge in [0.1, 0.15) is 0 Å². The van der Waals surface area contributed by atoms with Crippen molar-refractivity contribution in [1.29, 1.82) is 0 Å². The van der Waals surface area contributed by atoms with E-state index in [1.165, 1.54) is 0 Å². The summed E-state index contributed by atoms with van der Waals surface area (Å²) in [5.74, 6) is -0.102. The third kappa shape index (κ3) is 5.96. The highest BCUT2D eigenvalue weighted by atomic mass is 35.5. The van der Waals surface area contributed by atoms with Gasteiger partial charge in [0.05, 0.1) is 30.5 Å². The van der Waals surface area contributed by atoms with Gasteiger partial charge >= 0.3 is 6.03 Å². The second-order valence-corrected chi connectivity index (χ2v) is 6.48. The van der Waals surface area contributed by atoms with Crippen molar-refractivity contribution >= 4 is 40.6 Å². The smallest absolute Gasteiger partial charge is 0.323 e. The zero-order valence-electron chi connectivity index (χ0n) is 14.7. The Bertz CT molecular complexity index is 809. The fourth-order valence-electron chi connectivity index (χ4n) is 2.68. The van der Waals surface area contributed by atoms with Gasteiger partial charge in [-0.25, -0.2) is 4.79 Å². The monoisotopic (exact) mass is 388 g/mol. The fourth-order valence-corrected chi connectivity index (χ4v) is 2.87. The number of halogens is 1. The Morgan fingerprint density at radius 2 is 1.67 bits per heavy atom. The number of anilines is 3. The maximum absolute atomic E-state index is 12.2. The molecule has 0 radical (unpaired) electrons. The molecule has 7 nitrogen and oxygen atoms in total. The summed E-state index contributed by atoms with van der Waals surface area (Å²) in [5, 5.41) is 8.71. The van der Waals surface area contributed by atoms with Crippen molar-refractivity contribution in [3.63, 3.8) is 0 Å². The Hall–Kier alpha value is -2.61. The van der Waals surface area contributed by atoms with Gasteiger partial charge in [0.25, 0.3) is 0 Å². The number of carbonyl (C=O) groups excluding carboxylic acids is 2. The average Bonchev–Trinajstić information content (AvgIpc) is 2.64. The number of hydrogen-bond donors (Lipinski definition) is 3. The van der Waals surface area contributed by atoms with Crippen molar-refractivity contribution in [1.82, 2.24) is 4.90 Å². The fraction of sp³-hybridized carbons (Fsp3) is 0.263. The van der Waals surface area contributed by atoms with E-state index in [9.17, 15) is 9.59 Å². The molecule has 0 unspecified atom stereocenters. The number of urea groups is 1. The first-order valence-corrected chi connectivity index (χ1v) is 9.00. The number of benzene rings is 2. The summed E-state index contributed by atoms with van der Waals surface area (Å²) in [6, 6.07) is 13.5. The molecular formula is C19H21ClN4O3. The molecule has 3 rings (SSSR count). The largest absolute Gasteiger partial charge is 0.379 e. The summed E-state index contributed by atoms with van der Waals surface area (Å²) in [6.07, 6.45) is 0. The highest BCUT2D eigenvalue weighted by Crippen LogP contribution is 2.21. The van der Waals surface area contributed by atoms with E-state index in [2.05, 4.69) is 16.0 Å². The zero-order chi connectivity index (χ0) is 19.1. The van der Waals surface area contributed by atoms with E-state index in [1.807, 2.05) is 4.90 Å². The van der Waals surface area contributed by atoms with Crippen LogP contribution >= 0.6 is 11.6 Å². The number of morpholine rings is 1. The lowest BCUT2D eigenvalue weighted by Crippen LogP contribution is -2.41. The maximum atomic E-state index is 12.2. The maximum Gasteiger partial charge on any atom is 0.323 e. The van der Waals surface area contributed by atoms with Crippen molar-refractivity contribution in [2.45, 2.75) is 0 Å². The summed E-state index contributed by atoms with van der Waals surface area (Å²) in [5.41, 5.74) is 1.69. The molecule has 0 bridgehead atoms. The highest BCUT2D eigenvalue weighted by molar-refractivity contribution is 6.33. The van der Waals surface area contributed by atoms with Crippen LogP contribution in [0.4, 0.5) is 21.9 Å². The third-order valence-electron chi connectivity index (χ3n) is 4.00. The minimum Gasteiger partial charge on any atom is -0.379 e. The molecule has 1 saturated heterocycles. The summed E-state index contributed by atoms with van der Waals surface area (Å²) in [4.78, 5) is 26.4. The lowest BCUT2D eigenvalue weighted by Gasteiger charge is -2.25. The van der Waals surface area contributed by atoms with E-state index in [4.69, 9.17) is 16.3 Å². The van der Waals surface area contributed by atoms with E-state index in [1.54, 1.807) is 48.5 Å². The number of nitrogens with zero attached hydrogens (tertiary/aromatic N) is 1. The second-order valence-electron chi connectivity index (χ2n) is 6.08. The molecule has 2 aromatic rings. The van der Waals surface area contributed by atoms with Crippen LogP contribution in [0, 0.1) is 0 Å². The summed E-state index contributed by atoms with van der Waals surface area (Å²) in [7, 11) is 0. The topological polar surface area (TPSA) is 82.7 Å². The second kappa shape index (κ2) is 9.36. The van der Waals surface area contributed by atoms with Crippen molar-refractivity contribution < 1.29 is 14.3 Å². The first-order valence-electron chi connectivity index (χ1n) is 8.63. The van der Waals surface area contributed by atoms with Crippen LogP contribution in [0.1, 0.15) is 0 Å². The van der Waals surface area contributed by atoms with Gasteiger partial charge in [0, 0.05) is 24.5 Å². The van der Waals surface area contributed by atoms with Gasteiger partial charge < -0.3 is 20.7 Å². The molecule has 2 aromatic carbocycles. The molecule has 1 aliphatic heterocycles. The number of nitrogens with one attached hydrogen (secondary N) is 3. The van der Waals surface area contributed by atoms with E-state index >= 15 is 0 Å². The van der Waals surface area contributed by atoms with Crippen LogP contribution in [0.2, 0.25) is 5.02 Å². The predicted molar refractivity (Wildman–Crippen MR) is 106 cm³/mol. The summed E-state index contributed by atoms with van der Waals surface area (Å²) < 4.78 is 5.27. The predicted octanol–water partition coefficient (Wildman–Crippen LogP) is 3.25. The van der Waals surface area contributed by atoms with Gasteiger partial charge in [-0.15, -0.1) is 0 Å². The number of ether oxygens (including phenoxy) is 1. The number of hydrogen-bond acceptors (Lipinski definition) is 4. The standard InChI is InChI=1S/C19H21ClN4O3/c20-16-6-1-2-7-17(16)23-19(26)22-15-5-3-4-14(12-15)21-18(25)13-24-8-10-27-11-9-24/h1-7,12H,8-11,13H2,(H,21,25)(H2,22,23,26). The highest BCUT2D eigenvalue weighted by Gasteiger charge is 2.14. The van der Waals surface area contributed by atoms with Gasteiger partial charge in [-0.2, -0.15) is 0 Å². The Balaban J connectivity index is 1.54. The van der Waals surface area contributed by atoms with Crippen LogP contribution in [0.5, 0.6) is 0 Å². The Morgan fingerprint density at radius 3 is 2.41 bits per heavy atom. The van der Waals surface area contributed by atoms with Crippen LogP contribution in [0.3, 0.4) is 0 Å². The van der Waals surface area contributed by atoms with Crippen molar-refractivity contribution in [2.75, 3.05) is 48.8 Å². The number of para-hydroxylation sites is 1. The molecule has 0 saturated carbocycles. The van der Waals surface area contributed by atoms with Crippen LogP contribution < -0.4 is 16.0 Å². The molecule has 1 heterocycles. The van der Waals surface area contributed by atoms with Gasteiger partial charge in [-0.05, 0) is 30.3 Å². The quantitative estimate of drug-likeness (QED) is 0.734. The molecule has 1 fully saturated rings. The Morgan fingerprint density at radius 1 is 0.963 bits per heavy atom. The van der Waals surface area contributed by atoms with Gasteiger partial charge in [-0.3, -0.25) is 9.69 Å². The molecular weight excluding hydrogens is 368 g/mol. The van der Waals surface area contributed by atoms with Crippen molar-refractivity contribution in [2.24, 2.45) is 0 Å². The minimum absolute atomic E-state index is 0.102. The normalized spacial score (nSPS) is 14.4. The number of carbonyl (C=O) groups is 2. The van der Waals surface area contributed by atoms with Crippen molar-refractivity contribution in [3.05, 3.63) is 53.6 Å². The van der Waals surface area contributed by atoms with Crippen LogP contribution in [0.25, 0.3) is 0 Å². The molecule has 0 spiro atoms. The molecule has 0 atom stereocenters. The molecule has 8 heteroatoms. The molecule has 27 heavy (non-hydrogen) atoms. The van der Waals surface area contributed by atoms with Gasteiger partial charge in [-0.1, -0.05) is 29.8 Å². The first kappa shape index (κ1) is 19.2. The van der Waals surface area contributed by atoms with E-state index in [-0.39, 0.29) is 5.91 Å². The Kier molecular flexibility index (Phi) is 6.64. The lowest BCUT2D eigenvalue weighted by molar-refractivity contribution is -0.118. The molecule has 1 aliphatic rings. The third-order valence-corrected chi connectivity index (χ3v) is 4.33. The first-order chi connectivity index (χ1) is 13.1. The van der Waals surface area contributed by atoms with Gasteiger partial charge in [0.15, 0.2) is 0 Å². The van der Waals surface area contributed by atoms with E-state index in [0.717, 1.165) is 13.1 Å². The molecule has 0 aliphatic carbocycles. The number of rotatable bonds is 5. The number of amides is 3. The minimum atomic E-state index is -0.417. The lowest BCUT2D eigenvalue weighted by atomic mass is 10.2. The molecule has 142 valence electrons.